The van der Waals surface area contributed by atoms with Crippen molar-refractivity contribution in [1.29, 1.82) is 0 Å². The fourth-order valence-electron chi connectivity index (χ4n) is 2.14. The smallest absolute Gasteiger partial charge is 0.410 e. The maximum atomic E-state index is 13.7. The van der Waals surface area contributed by atoms with E-state index in [4.69, 9.17) is 9.47 Å². The summed E-state index contributed by atoms with van der Waals surface area (Å²) in [6, 6.07) is 1.83. The number of benzene rings is 1. The Hall–Kier alpha value is -2.18. The van der Waals surface area contributed by atoms with Crippen LogP contribution in [0.4, 0.5) is 13.6 Å². The molecule has 1 aliphatic rings. The second-order valence-corrected chi connectivity index (χ2v) is 6.49. The molecule has 0 aromatic heterocycles. The molecule has 7 heteroatoms. The lowest BCUT2D eigenvalue weighted by Gasteiger charge is -2.39. The molecule has 0 spiro atoms. The van der Waals surface area contributed by atoms with E-state index in [2.05, 4.69) is 0 Å². The second kappa shape index (κ2) is 6.52. The normalized spacial score (nSPS) is 15.1. The number of amides is 1. The van der Waals surface area contributed by atoms with Crippen molar-refractivity contribution in [3.63, 3.8) is 0 Å². The highest BCUT2D eigenvalue weighted by Crippen LogP contribution is 2.25. The fraction of sp³-hybridized carbons (Fsp3) is 0.500. The van der Waals surface area contributed by atoms with Gasteiger partial charge in [-0.3, -0.25) is 4.79 Å². The highest BCUT2D eigenvalue weighted by molar-refractivity contribution is 5.75. The zero-order chi connectivity index (χ0) is 17.2. The Bertz CT molecular complexity index is 584. The Morgan fingerprint density at radius 1 is 1.30 bits per heavy atom. The van der Waals surface area contributed by atoms with Crippen LogP contribution in [0.15, 0.2) is 12.1 Å². The first kappa shape index (κ1) is 17.2. The van der Waals surface area contributed by atoms with Crippen molar-refractivity contribution in [3.05, 3.63) is 29.3 Å². The molecule has 0 saturated carbocycles. The third kappa shape index (κ3) is 4.40. The topological polar surface area (TPSA) is 55.8 Å². The highest BCUT2D eigenvalue weighted by atomic mass is 19.1. The molecule has 0 atom stereocenters. The number of hydrogen-bond donors (Lipinski definition) is 0. The van der Waals surface area contributed by atoms with Crippen LogP contribution >= 0.6 is 0 Å². The molecule has 126 valence electrons. The summed E-state index contributed by atoms with van der Waals surface area (Å²) in [5.41, 5.74) is -0.655. The standard InChI is InChI=1S/C16H19F2NO4/c1-16(2,3)23-15(21)19-6-11(7-19)9-22-14-12(17)4-10(8-20)5-13(14)18/h4-5,8,11H,6-7,9H2,1-3H3. The molecule has 1 saturated heterocycles. The van der Waals surface area contributed by atoms with Crippen LogP contribution in [0.1, 0.15) is 31.1 Å². The fourth-order valence-corrected chi connectivity index (χ4v) is 2.14. The first-order valence-electron chi connectivity index (χ1n) is 7.24. The molecule has 0 unspecified atom stereocenters. The van der Waals surface area contributed by atoms with Crippen LogP contribution < -0.4 is 4.74 Å². The van der Waals surface area contributed by atoms with Gasteiger partial charge in [0.05, 0.1) is 6.61 Å². The van der Waals surface area contributed by atoms with Gasteiger partial charge in [-0.15, -0.1) is 0 Å². The van der Waals surface area contributed by atoms with Gasteiger partial charge in [0.15, 0.2) is 17.4 Å². The number of hydrogen-bond acceptors (Lipinski definition) is 4. The van der Waals surface area contributed by atoms with Crippen LogP contribution in [-0.4, -0.2) is 42.6 Å². The van der Waals surface area contributed by atoms with Crippen molar-refractivity contribution >= 4 is 12.4 Å². The lowest BCUT2D eigenvalue weighted by molar-refractivity contribution is -0.00831. The molecule has 5 nitrogen and oxygen atoms in total. The van der Waals surface area contributed by atoms with E-state index in [1.807, 2.05) is 0 Å². The molecule has 23 heavy (non-hydrogen) atoms. The van der Waals surface area contributed by atoms with Gasteiger partial charge < -0.3 is 14.4 Å². The monoisotopic (exact) mass is 327 g/mol. The van der Waals surface area contributed by atoms with Gasteiger partial charge in [-0.1, -0.05) is 0 Å². The number of ether oxygens (including phenoxy) is 2. The molecule has 1 aromatic carbocycles. The van der Waals surface area contributed by atoms with E-state index in [-0.39, 0.29) is 18.1 Å². The zero-order valence-electron chi connectivity index (χ0n) is 13.3. The van der Waals surface area contributed by atoms with Gasteiger partial charge in [0, 0.05) is 24.6 Å². The van der Waals surface area contributed by atoms with Crippen molar-refractivity contribution in [2.75, 3.05) is 19.7 Å². The van der Waals surface area contributed by atoms with Gasteiger partial charge >= 0.3 is 6.09 Å². The lowest BCUT2D eigenvalue weighted by Crippen LogP contribution is -2.53. The van der Waals surface area contributed by atoms with Gasteiger partial charge in [-0.25, -0.2) is 13.6 Å². The Balaban J connectivity index is 1.83. The number of halogens is 2. The molecule has 2 rings (SSSR count). The molecular weight excluding hydrogens is 308 g/mol. The average Bonchev–Trinajstić information content (AvgIpc) is 2.36. The van der Waals surface area contributed by atoms with Gasteiger partial charge in [0.1, 0.15) is 11.9 Å². The average molecular weight is 327 g/mol. The van der Waals surface area contributed by atoms with E-state index in [9.17, 15) is 18.4 Å². The summed E-state index contributed by atoms with van der Waals surface area (Å²) in [7, 11) is 0. The summed E-state index contributed by atoms with van der Waals surface area (Å²) in [4.78, 5) is 23.8. The number of aldehydes is 1. The third-order valence-electron chi connectivity index (χ3n) is 3.23. The lowest BCUT2D eigenvalue weighted by atomic mass is 10.0. The summed E-state index contributed by atoms with van der Waals surface area (Å²) in [6.45, 7) is 6.22. The van der Waals surface area contributed by atoms with E-state index in [0.29, 0.717) is 19.4 Å². The summed E-state index contributed by atoms with van der Waals surface area (Å²) in [5.74, 6) is -2.37. The van der Waals surface area contributed by atoms with Crippen molar-refractivity contribution in [3.8, 4) is 5.75 Å². The van der Waals surface area contributed by atoms with Crippen molar-refractivity contribution in [1.82, 2.24) is 4.90 Å². The van der Waals surface area contributed by atoms with E-state index >= 15 is 0 Å². The largest absolute Gasteiger partial charge is 0.487 e. The second-order valence-electron chi connectivity index (χ2n) is 6.49. The van der Waals surface area contributed by atoms with Crippen molar-refractivity contribution < 1.29 is 27.8 Å². The molecular formula is C16H19F2NO4. The van der Waals surface area contributed by atoms with Crippen molar-refractivity contribution in [2.24, 2.45) is 5.92 Å². The Labute approximate surface area is 133 Å². The minimum absolute atomic E-state index is 0.0212. The Morgan fingerprint density at radius 3 is 2.35 bits per heavy atom. The van der Waals surface area contributed by atoms with Gasteiger partial charge in [0.25, 0.3) is 0 Å². The van der Waals surface area contributed by atoms with E-state index in [1.54, 1.807) is 20.8 Å². The molecule has 1 amide bonds. The quantitative estimate of drug-likeness (QED) is 0.798. The number of likely N-dealkylation sites (tertiary alicyclic amines) is 1. The summed E-state index contributed by atoms with van der Waals surface area (Å²) >= 11 is 0. The maximum Gasteiger partial charge on any atom is 0.410 e. The number of rotatable bonds is 4. The summed E-state index contributed by atoms with van der Waals surface area (Å²) in [6.07, 6.45) is -0.0536. The SMILES string of the molecule is CC(C)(C)OC(=O)N1CC(COc2c(F)cc(C=O)cc2F)C1. The van der Waals surface area contributed by atoms with Gasteiger partial charge in [-0.2, -0.15) is 0 Å². The molecule has 1 heterocycles. The van der Waals surface area contributed by atoms with Crippen LogP contribution in [0.25, 0.3) is 0 Å². The van der Waals surface area contributed by atoms with E-state index < -0.39 is 29.1 Å². The van der Waals surface area contributed by atoms with Crippen LogP contribution in [0.3, 0.4) is 0 Å². The molecule has 0 radical (unpaired) electrons. The number of carbonyl (C=O) groups is 2. The predicted octanol–water partition coefficient (Wildman–Crippen LogP) is 3.02. The number of carbonyl (C=O) groups excluding carboxylic acids is 2. The molecule has 1 fully saturated rings. The molecule has 0 N–H and O–H groups in total. The van der Waals surface area contributed by atoms with Crippen molar-refractivity contribution in [2.45, 2.75) is 26.4 Å². The van der Waals surface area contributed by atoms with Crippen LogP contribution in [0.5, 0.6) is 5.75 Å². The molecule has 1 aliphatic heterocycles. The van der Waals surface area contributed by atoms with Crippen LogP contribution in [0, 0.1) is 17.6 Å². The molecule has 0 aliphatic carbocycles. The zero-order valence-corrected chi connectivity index (χ0v) is 13.3. The summed E-state index contributed by atoms with van der Waals surface area (Å²) in [5, 5.41) is 0. The first-order chi connectivity index (χ1) is 10.7. The highest BCUT2D eigenvalue weighted by Gasteiger charge is 2.34. The van der Waals surface area contributed by atoms with Crippen LogP contribution in [-0.2, 0) is 4.74 Å². The minimum atomic E-state index is -0.921. The molecule has 0 bridgehead atoms. The first-order valence-corrected chi connectivity index (χ1v) is 7.24. The van der Waals surface area contributed by atoms with Crippen LogP contribution in [0.2, 0.25) is 0 Å². The van der Waals surface area contributed by atoms with Gasteiger partial charge in [0.2, 0.25) is 0 Å². The Kier molecular flexibility index (Phi) is 4.87. The third-order valence-corrected chi connectivity index (χ3v) is 3.23. The Morgan fingerprint density at radius 2 is 1.87 bits per heavy atom. The van der Waals surface area contributed by atoms with E-state index in [1.165, 1.54) is 4.90 Å². The number of nitrogens with zero attached hydrogens (tertiary/aromatic N) is 1. The minimum Gasteiger partial charge on any atom is -0.487 e. The van der Waals surface area contributed by atoms with Gasteiger partial charge in [-0.05, 0) is 32.9 Å². The predicted molar refractivity (Wildman–Crippen MR) is 78.5 cm³/mol. The molecule has 1 aromatic rings. The van der Waals surface area contributed by atoms with E-state index in [0.717, 1.165) is 12.1 Å². The summed E-state index contributed by atoms with van der Waals surface area (Å²) < 4.78 is 37.7. The maximum absolute atomic E-state index is 13.7.